The Labute approximate surface area is 56.4 Å². The smallest absolute Gasteiger partial charge is 0.0548 e. The molecule has 0 aromatic rings. The van der Waals surface area contributed by atoms with Gasteiger partial charge in [-0.1, -0.05) is 13.0 Å². The molecule has 9 heavy (non-hydrogen) atoms. The second-order valence-corrected chi connectivity index (χ2v) is 3.26. The van der Waals surface area contributed by atoms with Gasteiger partial charge in [0.2, 0.25) is 0 Å². The van der Waals surface area contributed by atoms with Crippen molar-refractivity contribution in [1.82, 2.24) is 0 Å². The molecule has 1 unspecified atom stereocenters. The van der Waals surface area contributed by atoms with Crippen molar-refractivity contribution in [2.45, 2.75) is 26.4 Å². The van der Waals surface area contributed by atoms with Gasteiger partial charge in [-0.05, 0) is 24.7 Å². The maximum atomic E-state index is 9.11. The minimum atomic E-state index is -0.159. The lowest BCUT2D eigenvalue weighted by Crippen LogP contribution is -2.07. The topological polar surface area (TPSA) is 20.2 Å². The normalized spacial score (nSPS) is 44.1. The Kier molecular flexibility index (Phi) is 1.39. The molecule has 1 aliphatic rings. The van der Waals surface area contributed by atoms with E-state index in [1.165, 1.54) is 0 Å². The first-order chi connectivity index (χ1) is 4.10. The monoisotopic (exact) mass is 126 g/mol. The summed E-state index contributed by atoms with van der Waals surface area (Å²) in [5, 5.41) is 9.11. The van der Waals surface area contributed by atoms with E-state index in [1.807, 2.05) is 13.0 Å². The third-order valence-electron chi connectivity index (χ3n) is 2.40. The van der Waals surface area contributed by atoms with Crippen LogP contribution in [-0.2, 0) is 0 Å². The van der Waals surface area contributed by atoms with Crippen molar-refractivity contribution in [2.24, 2.45) is 11.3 Å². The number of aliphatic hydroxyl groups excluding tert-OH is 1. The molecule has 0 saturated heterocycles. The number of aliphatic hydroxyl groups is 1. The fraction of sp³-hybridized carbons (Fsp3) is 0.750. The predicted octanol–water partition coefficient (Wildman–Crippen LogP) is 1.58. The van der Waals surface area contributed by atoms with Crippen molar-refractivity contribution in [3.05, 3.63) is 12.7 Å². The van der Waals surface area contributed by atoms with Crippen LogP contribution in [0.15, 0.2) is 12.7 Å². The second-order valence-electron chi connectivity index (χ2n) is 3.26. The summed E-state index contributed by atoms with van der Waals surface area (Å²) < 4.78 is 0. The molecular weight excluding hydrogens is 112 g/mol. The summed E-state index contributed by atoms with van der Waals surface area (Å²) in [4.78, 5) is 0. The van der Waals surface area contributed by atoms with Crippen LogP contribution in [0.2, 0.25) is 0 Å². The first kappa shape index (κ1) is 6.81. The molecule has 0 amide bonds. The molecule has 1 aliphatic carbocycles. The summed E-state index contributed by atoms with van der Waals surface area (Å²) in [7, 11) is 0. The van der Waals surface area contributed by atoms with Gasteiger partial charge in [0.15, 0.2) is 0 Å². The molecule has 1 rings (SSSR count). The van der Waals surface area contributed by atoms with E-state index >= 15 is 0 Å². The van der Waals surface area contributed by atoms with Crippen molar-refractivity contribution >= 4 is 0 Å². The average molecular weight is 126 g/mol. The van der Waals surface area contributed by atoms with E-state index in [1.54, 1.807) is 0 Å². The highest BCUT2D eigenvalue weighted by atomic mass is 16.3. The summed E-state index contributed by atoms with van der Waals surface area (Å²) in [6, 6.07) is 0. The van der Waals surface area contributed by atoms with Crippen LogP contribution in [0.4, 0.5) is 0 Å². The van der Waals surface area contributed by atoms with Gasteiger partial charge in [-0.2, -0.15) is 0 Å². The zero-order chi connectivity index (χ0) is 7.07. The van der Waals surface area contributed by atoms with Gasteiger partial charge in [0.05, 0.1) is 6.10 Å². The van der Waals surface area contributed by atoms with Crippen molar-refractivity contribution in [2.75, 3.05) is 0 Å². The van der Waals surface area contributed by atoms with Gasteiger partial charge in [-0.3, -0.25) is 0 Å². The van der Waals surface area contributed by atoms with E-state index in [0.717, 1.165) is 6.42 Å². The Morgan fingerprint density at radius 2 is 2.44 bits per heavy atom. The largest absolute Gasteiger partial charge is 0.393 e. The number of hydrogen-bond donors (Lipinski definition) is 1. The van der Waals surface area contributed by atoms with E-state index in [2.05, 4.69) is 13.5 Å². The Morgan fingerprint density at radius 3 is 2.56 bits per heavy atom. The molecule has 0 heterocycles. The van der Waals surface area contributed by atoms with E-state index in [4.69, 9.17) is 5.11 Å². The predicted molar refractivity (Wildman–Crippen MR) is 38.1 cm³/mol. The molecule has 0 radical (unpaired) electrons. The molecule has 1 nitrogen and oxygen atoms in total. The van der Waals surface area contributed by atoms with Gasteiger partial charge in [-0.25, -0.2) is 0 Å². The van der Waals surface area contributed by atoms with Gasteiger partial charge in [-0.15, -0.1) is 6.58 Å². The summed E-state index contributed by atoms with van der Waals surface area (Å²) in [6.07, 6.45) is 2.89. The number of hydrogen-bond acceptors (Lipinski definition) is 1. The maximum Gasteiger partial charge on any atom is 0.0548 e. The quantitative estimate of drug-likeness (QED) is 0.557. The fourth-order valence-electron chi connectivity index (χ4n) is 1.37. The minimum Gasteiger partial charge on any atom is -0.393 e. The highest BCUT2D eigenvalue weighted by Gasteiger charge is 2.49. The van der Waals surface area contributed by atoms with Crippen LogP contribution in [0.5, 0.6) is 0 Å². The zero-order valence-corrected chi connectivity index (χ0v) is 6.09. The van der Waals surface area contributed by atoms with Crippen molar-refractivity contribution in [1.29, 1.82) is 0 Å². The second kappa shape index (κ2) is 1.84. The SMILES string of the molecule is C=C[C@@]1(C)C[C@H]1C(C)O. The van der Waals surface area contributed by atoms with Crippen LogP contribution < -0.4 is 0 Å². The van der Waals surface area contributed by atoms with Crippen molar-refractivity contribution in [3.8, 4) is 0 Å². The molecule has 1 fully saturated rings. The highest BCUT2D eigenvalue weighted by molar-refractivity contribution is 5.11. The fourth-order valence-corrected chi connectivity index (χ4v) is 1.37. The summed E-state index contributed by atoms with van der Waals surface area (Å²) in [5.41, 5.74) is 0.244. The molecule has 0 aromatic heterocycles. The van der Waals surface area contributed by atoms with Crippen LogP contribution in [-0.4, -0.2) is 11.2 Å². The van der Waals surface area contributed by atoms with Crippen LogP contribution in [0.3, 0.4) is 0 Å². The Hall–Kier alpha value is -0.300. The first-order valence-corrected chi connectivity index (χ1v) is 3.42. The van der Waals surface area contributed by atoms with Gasteiger partial charge < -0.3 is 5.11 Å². The molecule has 0 aromatic carbocycles. The molecule has 1 saturated carbocycles. The van der Waals surface area contributed by atoms with Crippen molar-refractivity contribution < 1.29 is 5.11 Å². The third kappa shape index (κ3) is 1.01. The van der Waals surface area contributed by atoms with Crippen LogP contribution in [0.25, 0.3) is 0 Å². The standard InChI is InChI=1S/C8H14O/c1-4-8(3)5-7(8)6(2)9/h4,6-7,9H,1,5H2,2-3H3/t6?,7-,8-/m0/s1. The average Bonchev–Trinajstić information content (AvgIpc) is 2.44. The van der Waals surface area contributed by atoms with E-state index in [9.17, 15) is 0 Å². The highest BCUT2D eigenvalue weighted by Crippen LogP contribution is 2.54. The third-order valence-corrected chi connectivity index (χ3v) is 2.40. The van der Waals surface area contributed by atoms with Crippen LogP contribution in [0.1, 0.15) is 20.3 Å². The summed E-state index contributed by atoms with van der Waals surface area (Å²) >= 11 is 0. The van der Waals surface area contributed by atoms with Crippen LogP contribution in [0, 0.1) is 11.3 Å². The Morgan fingerprint density at radius 1 is 1.89 bits per heavy atom. The Balaban J connectivity index is 2.47. The van der Waals surface area contributed by atoms with E-state index in [-0.39, 0.29) is 11.5 Å². The maximum absolute atomic E-state index is 9.11. The molecule has 0 aliphatic heterocycles. The summed E-state index contributed by atoms with van der Waals surface area (Å²) in [6.45, 7) is 7.70. The molecule has 3 atom stereocenters. The number of rotatable bonds is 2. The van der Waals surface area contributed by atoms with Crippen molar-refractivity contribution in [3.63, 3.8) is 0 Å². The number of allylic oxidation sites excluding steroid dienone is 1. The summed E-state index contributed by atoms with van der Waals surface area (Å²) in [5.74, 6) is 0.468. The Bertz CT molecular complexity index is 129. The molecule has 1 heteroatoms. The molecule has 1 N–H and O–H groups in total. The first-order valence-electron chi connectivity index (χ1n) is 3.42. The molecule has 52 valence electrons. The molecule has 0 bridgehead atoms. The van der Waals surface area contributed by atoms with Gasteiger partial charge in [0.25, 0.3) is 0 Å². The van der Waals surface area contributed by atoms with E-state index < -0.39 is 0 Å². The molecule has 0 spiro atoms. The lowest BCUT2D eigenvalue weighted by molar-refractivity contribution is 0.159. The van der Waals surface area contributed by atoms with E-state index in [0.29, 0.717) is 5.92 Å². The van der Waals surface area contributed by atoms with Crippen LogP contribution >= 0.6 is 0 Å². The lowest BCUT2D eigenvalue weighted by atomic mass is 10.1. The molecular formula is C8H14O. The zero-order valence-electron chi connectivity index (χ0n) is 6.09. The van der Waals surface area contributed by atoms with Gasteiger partial charge >= 0.3 is 0 Å². The van der Waals surface area contributed by atoms with Gasteiger partial charge in [0.1, 0.15) is 0 Å². The lowest BCUT2D eigenvalue weighted by Gasteiger charge is -2.05. The minimum absolute atomic E-state index is 0.159. The van der Waals surface area contributed by atoms with Gasteiger partial charge in [0, 0.05) is 0 Å².